The summed E-state index contributed by atoms with van der Waals surface area (Å²) in [5, 5.41) is 6.61. The van der Waals surface area contributed by atoms with Gasteiger partial charge in [0.15, 0.2) is 5.96 Å². The maximum Gasteiger partial charge on any atom is 0.253 e. The summed E-state index contributed by atoms with van der Waals surface area (Å²) in [5.74, 6) is 0.787. The number of carbonyl (C=O) groups is 1. The van der Waals surface area contributed by atoms with Crippen molar-refractivity contribution in [3.8, 4) is 0 Å². The fourth-order valence-electron chi connectivity index (χ4n) is 2.34. The van der Waals surface area contributed by atoms with E-state index in [1.165, 1.54) is 0 Å². The van der Waals surface area contributed by atoms with Gasteiger partial charge >= 0.3 is 0 Å². The smallest absolute Gasteiger partial charge is 0.253 e. The number of methoxy groups -OCH3 is 1. The van der Waals surface area contributed by atoms with E-state index in [0.29, 0.717) is 12.1 Å². The topological polar surface area (TPSA) is 69.2 Å². The minimum absolute atomic E-state index is 0. The average molecular weight is 491 g/mol. The van der Waals surface area contributed by atoms with Gasteiger partial charge in [0.2, 0.25) is 0 Å². The zero-order valence-corrected chi connectivity index (χ0v) is 19.4. The van der Waals surface area contributed by atoms with E-state index in [1.807, 2.05) is 24.3 Å². The maximum atomic E-state index is 11.9. The second kappa shape index (κ2) is 14.6. The first-order chi connectivity index (χ1) is 12.5. The van der Waals surface area contributed by atoms with Gasteiger partial charge in [0, 0.05) is 53.5 Å². The molecule has 0 aliphatic heterocycles. The normalized spacial score (nSPS) is 11.1. The fourth-order valence-corrected chi connectivity index (χ4v) is 2.34. The van der Waals surface area contributed by atoms with Gasteiger partial charge < -0.3 is 25.2 Å². The van der Waals surface area contributed by atoms with Crippen molar-refractivity contribution in [3.63, 3.8) is 0 Å². The monoisotopic (exact) mass is 491 g/mol. The van der Waals surface area contributed by atoms with Gasteiger partial charge in [0.05, 0.1) is 6.61 Å². The summed E-state index contributed by atoms with van der Waals surface area (Å²) in [6.45, 7) is 4.22. The van der Waals surface area contributed by atoms with E-state index in [4.69, 9.17) is 4.74 Å². The first-order valence-electron chi connectivity index (χ1n) is 8.90. The fraction of sp³-hybridized carbons (Fsp3) is 0.579. The van der Waals surface area contributed by atoms with E-state index in [-0.39, 0.29) is 29.9 Å². The van der Waals surface area contributed by atoms with E-state index < -0.39 is 0 Å². The molecule has 0 aromatic heterocycles. The molecule has 2 N–H and O–H groups in total. The van der Waals surface area contributed by atoms with Crippen molar-refractivity contribution in [2.45, 2.75) is 13.0 Å². The molecule has 27 heavy (non-hydrogen) atoms. The number of carbonyl (C=O) groups excluding carboxylic acids is 1. The molecule has 1 rings (SSSR count). The van der Waals surface area contributed by atoms with E-state index in [2.05, 4.69) is 27.6 Å². The number of halogens is 1. The summed E-state index contributed by atoms with van der Waals surface area (Å²) in [6.07, 6.45) is 1.03. The van der Waals surface area contributed by atoms with Crippen molar-refractivity contribution < 1.29 is 9.53 Å². The summed E-state index contributed by atoms with van der Waals surface area (Å²) in [4.78, 5) is 20.0. The molecule has 0 aliphatic carbocycles. The van der Waals surface area contributed by atoms with Crippen LogP contribution >= 0.6 is 24.0 Å². The molecule has 7 nitrogen and oxygen atoms in total. The third-order valence-corrected chi connectivity index (χ3v) is 3.98. The molecule has 1 aromatic carbocycles. The van der Waals surface area contributed by atoms with Crippen LogP contribution in [0.3, 0.4) is 0 Å². The molecule has 0 unspecified atom stereocenters. The summed E-state index contributed by atoms with van der Waals surface area (Å²) in [6, 6.07) is 7.63. The Bertz CT molecular complexity index is 564. The number of ether oxygens (including phenoxy) is 1. The van der Waals surface area contributed by atoms with Crippen LogP contribution in [-0.4, -0.2) is 83.2 Å². The average Bonchev–Trinajstić information content (AvgIpc) is 2.65. The van der Waals surface area contributed by atoms with Gasteiger partial charge in [0.1, 0.15) is 0 Å². The highest BCUT2D eigenvalue weighted by atomic mass is 127. The summed E-state index contributed by atoms with van der Waals surface area (Å²) in [5.41, 5.74) is 1.79. The number of rotatable bonds is 10. The van der Waals surface area contributed by atoms with E-state index in [0.717, 1.165) is 44.2 Å². The van der Waals surface area contributed by atoms with Crippen LogP contribution in [0, 0.1) is 0 Å². The van der Waals surface area contributed by atoms with E-state index >= 15 is 0 Å². The molecule has 0 fully saturated rings. The number of guanidine groups is 1. The number of hydrogen-bond acceptors (Lipinski definition) is 4. The molecule has 0 heterocycles. The number of nitrogens with one attached hydrogen (secondary N) is 2. The molecule has 1 amide bonds. The standard InChI is InChI=1S/C19H33N5O2.HI/c1-20-19(21-11-6-12-24(4)13-14-26-5)22-15-16-7-9-17(10-8-16)18(25)23(2)3;/h7-10H,6,11-15H2,1-5H3,(H2,20,21,22);1H. The van der Waals surface area contributed by atoms with Gasteiger partial charge in [-0.1, -0.05) is 12.1 Å². The van der Waals surface area contributed by atoms with Crippen LogP contribution in [0.15, 0.2) is 29.3 Å². The minimum atomic E-state index is 0. The Morgan fingerprint density at radius 1 is 1.11 bits per heavy atom. The Balaban J connectivity index is 0.00000676. The quantitative estimate of drug-likeness (QED) is 0.226. The lowest BCUT2D eigenvalue weighted by molar-refractivity contribution is 0.0827. The van der Waals surface area contributed by atoms with Crippen LogP contribution in [-0.2, 0) is 11.3 Å². The Labute approximate surface area is 180 Å². The highest BCUT2D eigenvalue weighted by molar-refractivity contribution is 14.0. The molecule has 1 aromatic rings. The molecule has 0 saturated heterocycles. The second-order valence-electron chi connectivity index (χ2n) is 6.40. The van der Waals surface area contributed by atoms with Gasteiger partial charge in [-0.15, -0.1) is 24.0 Å². The molecule has 0 bridgehead atoms. The summed E-state index contributed by atoms with van der Waals surface area (Å²) >= 11 is 0. The van der Waals surface area contributed by atoms with Crippen LogP contribution in [0.1, 0.15) is 22.3 Å². The van der Waals surface area contributed by atoms with Crippen molar-refractivity contribution in [1.29, 1.82) is 0 Å². The number of hydrogen-bond donors (Lipinski definition) is 2. The van der Waals surface area contributed by atoms with Crippen LogP contribution in [0.25, 0.3) is 0 Å². The number of likely N-dealkylation sites (N-methyl/N-ethyl adjacent to an activating group) is 1. The molecule has 8 heteroatoms. The second-order valence-corrected chi connectivity index (χ2v) is 6.40. The third-order valence-electron chi connectivity index (χ3n) is 3.98. The lowest BCUT2D eigenvalue weighted by atomic mass is 10.1. The lowest BCUT2D eigenvalue weighted by Crippen LogP contribution is -2.38. The highest BCUT2D eigenvalue weighted by Crippen LogP contribution is 2.06. The molecule has 0 saturated carbocycles. The Morgan fingerprint density at radius 2 is 1.78 bits per heavy atom. The predicted octanol–water partition coefficient (Wildman–Crippen LogP) is 1.64. The maximum absolute atomic E-state index is 11.9. The molecule has 0 spiro atoms. The van der Waals surface area contributed by atoms with E-state index in [9.17, 15) is 4.79 Å². The Kier molecular flexibility index (Phi) is 13.9. The number of nitrogens with zero attached hydrogens (tertiary/aromatic N) is 3. The first kappa shape index (κ1) is 25.6. The highest BCUT2D eigenvalue weighted by Gasteiger charge is 2.07. The molecule has 0 atom stereocenters. The largest absolute Gasteiger partial charge is 0.383 e. The van der Waals surface area contributed by atoms with Gasteiger partial charge in [0.25, 0.3) is 5.91 Å². The Hall–Kier alpha value is -1.39. The predicted molar refractivity (Wildman–Crippen MR) is 122 cm³/mol. The van der Waals surface area contributed by atoms with Crippen molar-refractivity contribution >= 4 is 35.8 Å². The third kappa shape index (κ3) is 10.5. The zero-order valence-electron chi connectivity index (χ0n) is 17.1. The summed E-state index contributed by atoms with van der Waals surface area (Å²) < 4.78 is 5.07. The van der Waals surface area contributed by atoms with Crippen LogP contribution < -0.4 is 10.6 Å². The number of benzene rings is 1. The zero-order chi connectivity index (χ0) is 19.4. The van der Waals surface area contributed by atoms with Crippen molar-refractivity contribution in [3.05, 3.63) is 35.4 Å². The van der Waals surface area contributed by atoms with E-state index in [1.54, 1.807) is 33.2 Å². The van der Waals surface area contributed by atoms with Gasteiger partial charge in [-0.2, -0.15) is 0 Å². The first-order valence-corrected chi connectivity index (χ1v) is 8.90. The van der Waals surface area contributed by atoms with Crippen LogP contribution in [0.2, 0.25) is 0 Å². The van der Waals surface area contributed by atoms with Crippen LogP contribution in [0.5, 0.6) is 0 Å². The van der Waals surface area contributed by atoms with Crippen molar-refractivity contribution in [2.24, 2.45) is 4.99 Å². The Morgan fingerprint density at radius 3 is 2.33 bits per heavy atom. The SMILES string of the molecule is CN=C(NCCCN(C)CCOC)NCc1ccc(C(=O)N(C)C)cc1.I. The van der Waals surface area contributed by atoms with Gasteiger partial charge in [-0.3, -0.25) is 9.79 Å². The molecular weight excluding hydrogens is 457 g/mol. The lowest BCUT2D eigenvalue weighted by Gasteiger charge is -2.17. The number of aliphatic imine (C=N–C) groups is 1. The van der Waals surface area contributed by atoms with Crippen molar-refractivity contribution in [1.82, 2.24) is 20.4 Å². The van der Waals surface area contributed by atoms with Crippen LogP contribution in [0.4, 0.5) is 0 Å². The van der Waals surface area contributed by atoms with Gasteiger partial charge in [-0.25, -0.2) is 0 Å². The van der Waals surface area contributed by atoms with Gasteiger partial charge in [-0.05, 0) is 37.7 Å². The molecule has 0 aliphatic rings. The minimum Gasteiger partial charge on any atom is -0.383 e. The molecular formula is C19H34IN5O2. The summed E-state index contributed by atoms with van der Waals surface area (Å²) in [7, 11) is 9.08. The van der Waals surface area contributed by atoms with Crippen molar-refractivity contribution in [2.75, 3.05) is 61.5 Å². The number of amides is 1. The molecule has 0 radical (unpaired) electrons. The molecule has 154 valence electrons.